The van der Waals surface area contributed by atoms with E-state index in [9.17, 15) is 0 Å². The van der Waals surface area contributed by atoms with Crippen LogP contribution < -0.4 is 12.4 Å². The second-order valence-electron chi connectivity index (χ2n) is 3.29. The zero-order valence-corrected chi connectivity index (χ0v) is 12.1. The monoisotopic (exact) mass is 230 g/mol. The summed E-state index contributed by atoms with van der Waals surface area (Å²) in [4.78, 5) is 0. The van der Waals surface area contributed by atoms with Crippen LogP contribution in [0.3, 0.4) is 0 Å². The molecule has 0 aliphatic rings. The van der Waals surface area contributed by atoms with Crippen molar-refractivity contribution in [2.45, 2.75) is 39.0 Å². The molecule has 0 heterocycles. The molecule has 1 unspecified atom stereocenters. The molecule has 0 rings (SSSR count). The summed E-state index contributed by atoms with van der Waals surface area (Å²) < 4.78 is 5.81. The predicted molar refractivity (Wildman–Crippen MR) is 58.6 cm³/mol. The zero-order chi connectivity index (χ0) is 8.91. The van der Waals surface area contributed by atoms with Crippen LogP contribution in [0.15, 0.2) is 12.3 Å². The molecule has 0 aromatic rings. The smallest absolute Gasteiger partial charge is 1.00 e. The topological polar surface area (TPSA) is 9.23 Å². The summed E-state index contributed by atoms with van der Waals surface area (Å²) in [6.07, 6.45) is 1.26. The molecule has 0 spiro atoms. The summed E-state index contributed by atoms with van der Waals surface area (Å²) >= 11 is 0. The van der Waals surface area contributed by atoms with E-state index in [1.54, 1.807) is 0 Å². The molecule has 4 heteroatoms. The second-order valence-corrected chi connectivity index (χ2v) is 7.06. The van der Waals surface area contributed by atoms with Crippen LogP contribution >= 0.6 is 0 Å². The third-order valence-electron chi connectivity index (χ3n) is 1.61. The molecule has 0 saturated heterocycles. The summed E-state index contributed by atoms with van der Waals surface area (Å²) in [5.41, 5.74) is 2.00. The minimum atomic E-state index is -1.59. The normalized spacial score (nSPS) is 13.9. The van der Waals surface area contributed by atoms with Gasteiger partial charge in [-0.2, -0.15) is 6.42 Å². The van der Waals surface area contributed by atoms with Crippen molar-refractivity contribution in [1.29, 1.82) is 0 Å². The van der Waals surface area contributed by atoms with Gasteiger partial charge >= 0.3 is 23.1 Å². The van der Waals surface area contributed by atoms with Crippen LogP contribution in [0.1, 0.15) is 20.3 Å². The number of hydrogen-bond acceptors (Lipinski definition) is 1. The predicted octanol–water partition coefficient (Wildman–Crippen LogP) is -0.441. The van der Waals surface area contributed by atoms with Crippen molar-refractivity contribution in [3.8, 4) is 0 Å². The van der Waals surface area contributed by atoms with E-state index in [2.05, 4.69) is 33.9 Å². The number of halogens is 1. The Hall–Kier alpha value is 0.973. The van der Waals surface area contributed by atoms with E-state index in [4.69, 9.17) is 4.43 Å². The van der Waals surface area contributed by atoms with Gasteiger partial charge in [0.15, 0.2) is 0 Å². The first-order valence-corrected chi connectivity index (χ1v) is 6.84. The maximum Gasteiger partial charge on any atom is 2.00 e. The van der Waals surface area contributed by atoms with Gasteiger partial charge in [0.1, 0.15) is 0 Å². The van der Waals surface area contributed by atoms with E-state index in [1.165, 1.54) is 0 Å². The van der Waals surface area contributed by atoms with Gasteiger partial charge in [0.05, 0.1) is 0 Å². The Morgan fingerprint density at radius 3 is 2.23 bits per heavy atom. The average molecular weight is 231 g/mol. The molecule has 0 bridgehead atoms. The largest absolute Gasteiger partial charge is 2.00 e. The maximum absolute atomic E-state index is 5.81. The fourth-order valence-corrected chi connectivity index (χ4v) is 3.30. The Morgan fingerprint density at radius 1 is 1.54 bits per heavy atom. The van der Waals surface area contributed by atoms with E-state index >= 15 is 0 Å². The van der Waals surface area contributed by atoms with Gasteiger partial charge < -0.3 is 23.8 Å². The summed E-state index contributed by atoms with van der Waals surface area (Å²) in [6.45, 7) is 14.0. The van der Waals surface area contributed by atoms with E-state index < -0.39 is 8.32 Å². The van der Waals surface area contributed by atoms with Crippen LogP contribution in [0.5, 0.6) is 0 Å². The number of hydrogen-bond donors (Lipinski definition) is 0. The van der Waals surface area contributed by atoms with Crippen molar-refractivity contribution < 1.29 is 16.8 Å². The van der Waals surface area contributed by atoms with Gasteiger partial charge in [-0.15, -0.1) is 6.58 Å². The molecule has 0 aromatic carbocycles. The molecule has 0 aromatic heterocycles. The van der Waals surface area contributed by atoms with Crippen molar-refractivity contribution in [2.24, 2.45) is 0 Å². The molecule has 0 aliphatic heterocycles. The molecule has 0 saturated carbocycles. The van der Waals surface area contributed by atoms with Crippen molar-refractivity contribution in [3.05, 3.63) is 19.2 Å². The fourth-order valence-electron chi connectivity index (χ4n) is 1.10. The van der Waals surface area contributed by atoms with Crippen LogP contribution in [0.25, 0.3) is 0 Å². The van der Waals surface area contributed by atoms with Gasteiger partial charge in [-0.1, -0.05) is 11.7 Å². The second kappa shape index (κ2) is 9.53. The van der Waals surface area contributed by atoms with Gasteiger partial charge in [0, 0.05) is 6.10 Å². The van der Waals surface area contributed by atoms with Crippen LogP contribution in [-0.4, -0.2) is 37.5 Å². The van der Waals surface area contributed by atoms with Crippen molar-refractivity contribution in [1.82, 2.24) is 0 Å². The standard InChI is InChI=1S/C9H19OSi.ClH.Mg/c1-6-8-11(5,7-2)10-9(3)4;;/h7,9H,1-2,6,8H2,3-5H3;1H;/q-1;;+2/p-1. The fraction of sp³-hybridized carbons (Fsp3) is 0.667. The third-order valence-corrected chi connectivity index (χ3v) is 4.83. The first kappa shape index (κ1) is 19.5. The van der Waals surface area contributed by atoms with Crippen LogP contribution in [0.2, 0.25) is 12.6 Å². The van der Waals surface area contributed by atoms with Gasteiger partial charge in [-0.3, -0.25) is 0 Å². The molecule has 0 radical (unpaired) electrons. The SMILES string of the molecule is C=C[Si](C)(CC[CH2-])OC(C)C.[Cl-].[Mg+2]. The quantitative estimate of drug-likeness (QED) is 0.460. The van der Waals surface area contributed by atoms with Crippen LogP contribution in [0, 0.1) is 6.92 Å². The molecule has 0 N–H and O–H groups in total. The van der Waals surface area contributed by atoms with Crippen molar-refractivity contribution >= 4 is 31.4 Å². The molecular formula is C9H19ClMgOSi. The van der Waals surface area contributed by atoms with E-state index in [0.717, 1.165) is 12.5 Å². The van der Waals surface area contributed by atoms with Gasteiger partial charge in [0.25, 0.3) is 0 Å². The Bertz CT molecular complexity index is 133. The summed E-state index contributed by atoms with van der Waals surface area (Å²) in [5, 5.41) is 0. The Labute approximate surface area is 106 Å². The number of rotatable bonds is 5. The summed E-state index contributed by atoms with van der Waals surface area (Å²) in [7, 11) is -1.59. The average Bonchev–Trinajstić information content (AvgIpc) is 1.87. The van der Waals surface area contributed by atoms with Crippen LogP contribution in [0.4, 0.5) is 0 Å². The van der Waals surface area contributed by atoms with E-state index in [-0.39, 0.29) is 35.5 Å². The molecular weight excluding hydrogens is 212 g/mol. The van der Waals surface area contributed by atoms with Gasteiger partial charge in [-0.05, 0) is 20.4 Å². The van der Waals surface area contributed by atoms with Crippen LogP contribution in [-0.2, 0) is 4.43 Å². The first-order chi connectivity index (χ1) is 5.04. The maximum atomic E-state index is 5.81. The minimum Gasteiger partial charge on any atom is -1.00 e. The molecule has 1 nitrogen and oxygen atoms in total. The van der Waals surface area contributed by atoms with Gasteiger partial charge in [-0.25, -0.2) is 0 Å². The Kier molecular flexibility index (Phi) is 14.3. The summed E-state index contributed by atoms with van der Waals surface area (Å²) in [5.74, 6) is 0. The molecule has 0 fully saturated rings. The molecule has 74 valence electrons. The van der Waals surface area contributed by atoms with Gasteiger partial charge in [0.2, 0.25) is 8.32 Å². The molecule has 0 amide bonds. The molecule has 0 aliphatic carbocycles. The Morgan fingerprint density at radius 2 is 2.00 bits per heavy atom. The van der Waals surface area contributed by atoms with E-state index in [1.807, 2.05) is 5.70 Å². The summed E-state index contributed by atoms with van der Waals surface area (Å²) in [6, 6.07) is 1.08. The first-order valence-electron chi connectivity index (χ1n) is 4.15. The molecule has 13 heavy (non-hydrogen) atoms. The van der Waals surface area contributed by atoms with E-state index in [0.29, 0.717) is 6.10 Å². The van der Waals surface area contributed by atoms with Crippen molar-refractivity contribution in [2.75, 3.05) is 0 Å². The molecule has 1 atom stereocenters. The Balaban J connectivity index is -0.000000500. The zero-order valence-electron chi connectivity index (χ0n) is 8.98. The third kappa shape index (κ3) is 9.28. The van der Waals surface area contributed by atoms with Crippen molar-refractivity contribution in [3.63, 3.8) is 0 Å². The minimum absolute atomic E-state index is 0.